The van der Waals surface area contributed by atoms with Crippen LogP contribution in [0.15, 0.2) is 168 Å². The van der Waals surface area contributed by atoms with Crippen molar-refractivity contribution in [3.05, 3.63) is 164 Å². The fraction of sp³-hybridized carbons (Fsp3) is 0. The Bertz CT molecular complexity index is 2490. The van der Waals surface area contributed by atoms with Crippen LogP contribution in [0, 0.1) is 0 Å². The van der Waals surface area contributed by atoms with E-state index >= 15 is 0 Å². The van der Waals surface area contributed by atoms with Crippen LogP contribution >= 0.6 is 0 Å². The largest absolute Gasteiger partial charge is 0.455 e. The zero-order chi connectivity index (χ0) is 29.0. The molecule has 9 rings (SSSR count). The molecule has 0 saturated carbocycles. The summed E-state index contributed by atoms with van der Waals surface area (Å²) in [6, 6.07) is 58.5. The van der Waals surface area contributed by atoms with Gasteiger partial charge in [-0.05, 0) is 75.1 Å². The maximum absolute atomic E-state index is 6.58. The van der Waals surface area contributed by atoms with E-state index in [9.17, 15) is 0 Å². The Morgan fingerprint density at radius 3 is 1.89 bits per heavy atom. The van der Waals surface area contributed by atoms with Gasteiger partial charge in [-0.15, -0.1) is 0 Å². The molecule has 44 heavy (non-hydrogen) atoms. The Kier molecular flexibility index (Phi) is 5.54. The molecule has 0 bridgehead atoms. The minimum Gasteiger partial charge on any atom is -0.455 e. The predicted octanol–water partition coefficient (Wildman–Crippen LogP) is 12.2. The third kappa shape index (κ3) is 3.89. The van der Waals surface area contributed by atoms with Crippen molar-refractivity contribution >= 4 is 71.3 Å². The Morgan fingerprint density at radius 2 is 1.05 bits per heavy atom. The number of para-hydroxylation sites is 1. The molecule has 2 heteroatoms. The third-order valence-electron chi connectivity index (χ3n) is 8.80. The molecule has 0 fully saturated rings. The van der Waals surface area contributed by atoms with Crippen LogP contribution in [0.1, 0.15) is 0 Å². The highest BCUT2D eigenvalue weighted by atomic mass is 16.3. The highest BCUT2D eigenvalue weighted by molar-refractivity contribution is 6.20. The minimum absolute atomic E-state index is 0.894. The molecule has 0 atom stereocenters. The van der Waals surface area contributed by atoms with Crippen molar-refractivity contribution in [3.63, 3.8) is 0 Å². The summed E-state index contributed by atoms with van der Waals surface area (Å²) in [4.78, 5) is 2.39. The zero-order valence-electron chi connectivity index (χ0n) is 23.9. The molecule has 1 heterocycles. The molecule has 8 aromatic carbocycles. The van der Waals surface area contributed by atoms with Gasteiger partial charge in [0.15, 0.2) is 0 Å². The molecule has 0 aliphatic rings. The average Bonchev–Trinajstić information content (AvgIpc) is 3.47. The summed E-state index contributed by atoms with van der Waals surface area (Å²) in [6.45, 7) is 0. The molecule has 0 spiro atoms. The van der Waals surface area contributed by atoms with E-state index in [-0.39, 0.29) is 0 Å². The molecule has 9 aromatic rings. The van der Waals surface area contributed by atoms with Crippen molar-refractivity contribution in [2.24, 2.45) is 0 Å². The van der Waals surface area contributed by atoms with Crippen LogP contribution in [-0.2, 0) is 0 Å². The van der Waals surface area contributed by atoms with Gasteiger partial charge in [0.25, 0.3) is 0 Å². The van der Waals surface area contributed by atoms with E-state index in [1.807, 2.05) is 0 Å². The molecular weight excluding hydrogens is 534 g/mol. The molecule has 0 unspecified atom stereocenters. The van der Waals surface area contributed by atoms with Gasteiger partial charge in [0.2, 0.25) is 0 Å². The lowest BCUT2D eigenvalue weighted by atomic mass is 9.99. The van der Waals surface area contributed by atoms with Gasteiger partial charge in [-0.2, -0.15) is 0 Å². The summed E-state index contributed by atoms with van der Waals surface area (Å²) in [7, 11) is 0. The first-order valence-corrected chi connectivity index (χ1v) is 15.0. The van der Waals surface area contributed by atoms with E-state index in [1.54, 1.807) is 0 Å². The van der Waals surface area contributed by atoms with Crippen LogP contribution in [0.25, 0.3) is 65.4 Å². The number of benzene rings is 8. The summed E-state index contributed by atoms with van der Waals surface area (Å²) in [5, 5.41) is 9.48. The van der Waals surface area contributed by atoms with Gasteiger partial charge in [-0.3, -0.25) is 0 Å². The Morgan fingerprint density at radius 1 is 0.364 bits per heavy atom. The van der Waals surface area contributed by atoms with Crippen LogP contribution in [0.5, 0.6) is 0 Å². The molecule has 206 valence electrons. The number of rotatable bonds is 4. The Labute approximate surface area is 255 Å². The summed E-state index contributed by atoms with van der Waals surface area (Å²) >= 11 is 0. The maximum atomic E-state index is 6.58. The van der Waals surface area contributed by atoms with Crippen molar-refractivity contribution in [2.75, 3.05) is 4.90 Å². The van der Waals surface area contributed by atoms with Crippen molar-refractivity contribution < 1.29 is 4.42 Å². The number of nitrogens with zero attached hydrogens (tertiary/aromatic N) is 1. The molecule has 0 amide bonds. The molecule has 0 aliphatic heterocycles. The lowest BCUT2D eigenvalue weighted by Gasteiger charge is -2.27. The van der Waals surface area contributed by atoms with E-state index in [1.165, 1.54) is 32.7 Å². The number of anilines is 3. The average molecular weight is 562 g/mol. The fourth-order valence-electron chi connectivity index (χ4n) is 6.72. The summed E-state index contributed by atoms with van der Waals surface area (Å²) in [6.07, 6.45) is 0. The van der Waals surface area contributed by atoms with Gasteiger partial charge in [-0.1, -0.05) is 121 Å². The van der Waals surface area contributed by atoms with Gasteiger partial charge >= 0.3 is 0 Å². The van der Waals surface area contributed by atoms with Gasteiger partial charge in [0.05, 0.1) is 5.69 Å². The standard InChI is InChI=1S/C42H27NO/c1-3-11-28(12-4-1)30-21-24-41-38(26-30)39-27-40(36-17-9-10-18-37(36)42(39)44-41)43(32-14-5-2-6-15-32)33-22-23-35-31(25-33)20-19-29-13-7-8-16-34(29)35/h1-27H. The van der Waals surface area contributed by atoms with Crippen LogP contribution < -0.4 is 4.90 Å². The van der Waals surface area contributed by atoms with Crippen molar-refractivity contribution in [1.29, 1.82) is 0 Å². The Hall–Kier alpha value is -5.86. The number of furan rings is 1. The monoisotopic (exact) mass is 561 g/mol. The highest BCUT2D eigenvalue weighted by Gasteiger charge is 2.20. The first-order valence-electron chi connectivity index (χ1n) is 15.0. The molecular formula is C42H27NO. The topological polar surface area (TPSA) is 16.4 Å². The van der Waals surface area contributed by atoms with Crippen molar-refractivity contribution in [2.45, 2.75) is 0 Å². The normalized spacial score (nSPS) is 11.6. The second-order valence-electron chi connectivity index (χ2n) is 11.4. The number of hydrogen-bond acceptors (Lipinski definition) is 2. The quantitative estimate of drug-likeness (QED) is 0.199. The zero-order valence-corrected chi connectivity index (χ0v) is 23.9. The third-order valence-corrected chi connectivity index (χ3v) is 8.80. The molecule has 0 aliphatic carbocycles. The number of hydrogen-bond donors (Lipinski definition) is 0. The van der Waals surface area contributed by atoms with Crippen LogP contribution in [-0.4, -0.2) is 0 Å². The maximum Gasteiger partial charge on any atom is 0.143 e. The SMILES string of the molecule is c1ccc(-c2ccc3oc4c5ccccc5c(N(c5ccccc5)c5ccc6c(ccc7ccccc76)c5)cc4c3c2)cc1. The highest BCUT2D eigenvalue weighted by Crippen LogP contribution is 2.45. The molecule has 0 saturated heterocycles. The van der Waals surface area contributed by atoms with E-state index in [0.29, 0.717) is 0 Å². The molecule has 0 N–H and O–H groups in total. The predicted molar refractivity (Wildman–Crippen MR) is 186 cm³/mol. The molecule has 2 nitrogen and oxygen atoms in total. The van der Waals surface area contributed by atoms with Gasteiger partial charge in [-0.25, -0.2) is 0 Å². The second-order valence-corrected chi connectivity index (χ2v) is 11.4. The smallest absolute Gasteiger partial charge is 0.143 e. The first-order chi connectivity index (χ1) is 21.8. The van der Waals surface area contributed by atoms with Crippen molar-refractivity contribution in [3.8, 4) is 11.1 Å². The van der Waals surface area contributed by atoms with Gasteiger partial charge in [0, 0.05) is 32.9 Å². The lowest BCUT2D eigenvalue weighted by Crippen LogP contribution is -2.10. The number of fused-ring (bicyclic) bond motifs is 8. The molecule has 0 radical (unpaired) electrons. The molecule has 1 aromatic heterocycles. The van der Waals surface area contributed by atoms with E-state index < -0.39 is 0 Å². The van der Waals surface area contributed by atoms with Gasteiger partial charge < -0.3 is 9.32 Å². The van der Waals surface area contributed by atoms with E-state index in [2.05, 4.69) is 169 Å². The lowest BCUT2D eigenvalue weighted by molar-refractivity contribution is 0.672. The Balaban J connectivity index is 1.33. The van der Waals surface area contributed by atoms with Crippen LogP contribution in [0.4, 0.5) is 17.1 Å². The van der Waals surface area contributed by atoms with E-state index in [4.69, 9.17) is 4.42 Å². The first kappa shape index (κ1) is 24.7. The van der Waals surface area contributed by atoms with Crippen LogP contribution in [0.2, 0.25) is 0 Å². The fourth-order valence-corrected chi connectivity index (χ4v) is 6.72. The van der Waals surface area contributed by atoms with E-state index in [0.717, 1.165) is 49.8 Å². The second kappa shape index (κ2) is 9.86. The minimum atomic E-state index is 0.894. The van der Waals surface area contributed by atoms with Gasteiger partial charge in [0.1, 0.15) is 11.2 Å². The summed E-state index contributed by atoms with van der Waals surface area (Å²) < 4.78 is 6.58. The summed E-state index contributed by atoms with van der Waals surface area (Å²) in [5.74, 6) is 0. The van der Waals surface area contributed by atoms with Crippen LogP contribution in [0.3, 0.4) is 0 Å². The van der Waals surface area contributed by atoms with Crippen molar-refractivity contribution in [1.82, 2.24) is 0 Å². The summed E-state index contributed by atoms with van der Waals surface area (Å²) in [5.41, 5.74) is 7.52.